The minimum atomic E-state index is -1.62. The summed E-state index contributed by atoms with van der Waals surface area (Å²) in [6.07, 6.45) is 6.07. The third-order valence-electron chi connectivity index (χ3n) is 4.59. The van der Waals surface area contributed by atoms with Crippen molar-refractivity contribution in [3.63, 3.8) is 0 Å². The van der Waals surface area contributed by atoms with Gasteiger partial charge in [0.2, 0.25) is 5.91 Å². The van der Waals surface area contributed by atoms with Crippen LogP contribution in [0.15, 0.2) is 17.1 Å². The zero-order valence-electron chi connectivity index (χ0n) is 16.2. The number of nitrogens with one attached hydrogen (secondary N) is 3. The highest BCUT2D eigenvalue weighted by Crippen LogP contribution is 2.19. The maximum atomic E-state index is 13.6. The summed E-state index contributed by atoms with van der Waals surface area (Å²) in [6.45, 7) is 3.82. The molecule has 1 aliphatic heterocycles. The van der Waals surface area contributed by atoms with Gasteiger partial charge in [-0.2, -0.15) is 0 Å². The highest BCUT2D eigenvalue weighted by molar-refractivity contribution is 5.95. The monoisotopic (exact) mass is 399 g/mol. The molecule has 1 aromatic rings. The molecule has 0 aliphatic carbocycles. The highest BCUT2D eigenvalue weighted by Gasteiger charge is 2.15. The molecule has 2 rings (SSSR count). The molecular formula is C19H28F3N5O. The first-order valence-electron chi connectivity index (χ1n) is 9.61. The van der Waals surface area contributed by atoms with Crippen molar-refractivity contribution < 1.29 is 18.0 Å². The molecule has 0 bridgehead atoms. The van der Waals surface area contributed by atoms with E-state index in [2.05, 4.69) is 25.8 Å². The number of likely N-dealkylation sites (tertiary alicyclic amines) is 1. The lowest BCUT2D eigenvalue weighted by Gasteiger charge is -2.20. The SMILES string of the molecule is CN=C(NCCCN1CCCCCC1)NCC(=O)Nc1ccc(F)c(F)c1F. The Morgan fingerprint density at radius 2 is 1.79 bits per heavy atom. The largest absolute Gasteiger partial charge is 0.356 e. The van der Waals surface area contributed by atoms with Crippen LogP contribution in [0.2, 0.25) is 0 Å². The Hall–Kier alpha value is -2.29. The molecule has 0 atom stereocenters. The number of hydrogen-bond acceptors (Lipinski definition) is 3. The quantitative estimate of drug-likeness (QED) is 0.285. The second kappa shape index (κ2) is 11.5. The van der Waals surface area contributed by atoms with Crippen LogP contribution < -0.4 is 16.0 Å². The molecule has 0 radical (unpaired) electrons. The van der Waals surface area contributed by atoms with Crippen LogP contribution in [0.5, 0.6) is 0 Å². The Morgan fingerprint density at radius 3 is 2.46 bits per heavy atom. The molecule has 9 heteroatoms. The van der Waals surface area contributed by atoms with Gasteiger partial charge in [0.05, 0.1) is 12.2 Å². The fourth-order valence-corrected chi connectivity index (χ4v) is 3.07. The van der Waals surface area contributed by atoms with E-state index in [1.54, 1.807) is 7.05 Å². The summed E-state index contributed by atoms with van der Waals surface area (Å²) < 4.78 is 39.7. The molecule has 6 nitrogen and oxygen atoms in total. The van der Waals surface area contributed by atoms with E-state index in [9.17, 15) is 18.0 Å². The lowest BCUT2D eigenvalue weighted by atomic mass is 10.2. The minimum absolute atomic E-state index is 0.190. The molecule has 1 fully saturated rings. The number of aliphatic imine (C=N–C) groups is 1. The van der Waals surface area contributed by atoms with Gasteiger partial charge in [-0.3, -0.25) is 9.79 Å². The molecule has 0 spiro atoms. The molecule has 3 N–H and O–H groups in total. The predicted octanol–water partition coefficient (Wildman–Crippen LogP) is 2.47. The standard InChI is InChI=1S/C19H28F3N5O/c1-23-19(24-9-6-12-27-10-4-2-3-5-11-27)25-13-16(28)26-15-8-7-14(20)17(21)18(15)22/h7-8H,2-6,9-13H2,1H3,(H,26,28)(H2,23,24,25). The molecule has 0 unspecified atom stereocenters. The Morgan fingerprint density at radius 1 is 1.07 bits per heavy atom. The van der Waals surface area contributed by atoms with Gasteiger partial charge in [0.1, 0.15) is 0 Å². The fraction of sp³-hybridized carbons (Fsp3) is 0.579. The normalized spacial score (nSPS) is 15.8. The van der Waals surface area contributed by atoms with E-state index in [1.165, 1.54) is 25.7 Å². The minimum Gasteiger partial charge on any atom is -0.356 e. The second-order valence-corrected chi connectivity index (χ2v) is 6.73. The van der Waals surface area contributed by atoms with Crippen molar-refractivity contribution in [2.45, 2.75) is 32.1 Å². The van der Waals surface area contributed by atoms with Crippen LogP contribution in [0.25, 0.3) is 0 Å². The smallest absolute Gasteiger partial charge is 0.243 e. The third-order valence-corrected chi connectivity index (χ3v) is 4.59. The summed E-state index contributed by atoms with van der Waals surface area (Å²) in [5.74, 6) is -4.51. The summed E-state index contributed by atoms with van der Waals surface area (Å²) in [4.78, 5) is 18.4. The molecule has 1 heterocycles. The van der Waals surface area contributed by atoms with E-state index in [1.807, 2.05) is 0 Å². The Balaban J connectivity index is 1.68. The Labute approximate surface area is 163 Å². The lowest BCUT2D eigenvalue weighted by Crippen LogP contribution is -2.42. The summed E-state index contributed by atoms with van der Waals surface area (Å²) in [5.41, 5.74) is -0.411. The molecule has 1 saturated heterocycles. The van der Waals surface area contributed by atoms with E-state index in [0.29, 0.717) is 12.5 Å². The van der Waals surface area contributed by atoms with Crippen molar-refractivity contribution in [3.05, 3.63) is 29.6 Å². The second-order valence-electron chi connectivity index (χ2n) is 6.73. The van der Waals surface area contributed by atoms with E-state index in [-0.39, 0.29) is 6.54 Å². The van der Waals surface area contributed by atoms with Gasteiger partial charge in [-0.05, 0) is 51.0 Å². The van der Waals surface area contributed by atoms with Crippen LogP contribution in [0.3, 0.4) is 0 Å². The van der Waals surface area contributed by atoms with Crippen LogP contribution in [0, 0.1) is 17.5 Å². The number of carbonyl (C=O) groups excluding carboxylic acids is 1. The molecule has 0 saturated carbocycles. The molecular weight excluding hydrogens is 371 g/mol. The van der Waals surface area contributed by atoms with Crippen LogP contribution >= 0.6 is 0 Å². The predicted molar refractivity (Wildman–Crippen MR) is 104 cm³/mol. The van der Waals surface area contributed by atoms with Crippen molar-refractivity contribution in [2.75, 3.05) is 45.1 Å². The summed E-state index contributed by atoms with van der Waals surface area (Å²) in [5, 5.41) is 8.13. The first-order chi connectivity index (χ1) is 13.5. The van der Waals surface area contributed by atoms with Gasteiger partial charge in [-0.25, -0.2) is 13.2 Å². The first kappa shape index (κ1) is 22.0. The van der Waals surface area contributed by atoms with Crippen molar-refractivity contribution in [1.82, 2.24) is 15.5 Å². The number of anilines is 1. The zero-order valence-corrected chi connectivity index (χ0v) is 16.2. The molecule has 1 aromatic carbocycles. The molecule has 1 aliphatic rings. The van der Waals surface area contributed by atoms with Crippen molar-refractivity contribution in [3.8, 4) is 0 Å². The number of benzene rings is 1. The average molecular weight is 399 g/mol. The number of halogens is 3. The van der Waals surface area contributed by atoms with Gasteiger partial charge >= 0.3 is 0 Å². The van der Waals surface area contributed by atoms with E-state index < -0.39 is 29.0 Å². The third kappa shape index (κ3) is 7.03. The number of amides is 1. The molecule has 1 amide bonds. The molecule has 156 valence electrons. The highest BCUT2D eigenvalue weighted by atomic mass is 19.2. The summed E-state index contributed by atoms with van der Waals surface area (Å²) in [7, 11) is 1.58. The Kier molecular flexibility index (Phi) is 9.06. The molecule has 28 heavy (non-hydrogen) atoms. The number of nitrogens with zero attached hydrogens (tertiary/aromatic N) is 2. The lowest BCUT2D eigenvalue weighted by molar-refractivity contribution is -0.115. The molecule has 0 aromatic heterocycles. The van der Waals surface area contributed by atoms with Gasteiger partial charge in [-0.15, -0.1) is 0 Å². The van der Waals surface area contributed by atoms with Gasteiger partial charge < -0.3 is 20.9 Å². The number of hydrogen-bond donors (Lipinski definition) is 3. The van der Waals surface area contributed by atoms with Crippen LogP contribution in [0.4, 0.5) is 18.9 Å². The van der Waals surface area contributed by atoms with Crippen molar-refractivity contribution in [1.29, 1.82) is 0 Å². The van der Waals surface area contributed by atoms with Crippen molar-refractivity contribution in [2.24, 2.45) is 4.99 Å². The number of carbonyl (C=O) groups is 1. The van der Waals surface area contributed by atoms with E-state index >= 15 is 0 Å². The summed E-state index contributed by atoms with van der Waals surface area (Å²) >= 11 is 0. The number of rotatable bonds is 7. The first-order valence-corrected chi connectivity index (χ1v) is 9.61. The van der Waals surface area contributed by atoms with Crippen LogP contribution in [0.1, 0.15) is 32.1 Å². The van der Waals surface area contributed by atoms with Crippen LogP contribution in [-0.2, 0) is 4.79 Å². The topological polar surface area (TPSA) is 68.8 Å². The van der Waals surface area contributed by atoms with Gasteiger partial charge in [-0.1, -0.05) is 12.8 Å². The van der Waals surface area contributed by atoms with Gasteiger partial charge in [0.25, 0.3) is 0 Å². The van der Waals surface area contributed by atoms with E-state index in [4.69, 9.17) is 0 Å². The van der Waals surface area contributed by atoms with Gasteiger partial charge in [0, 0.05) is 13.6 Å². The van der Waals surface area contributed by atoms with Crippen LogP contribution in [-0.4, -0.2) is 56.5 Å². The zero-order chi connectivity index (χ0) is 20.4. The maximum Gasteiger partial charge on any atom is 0.243 e. The van der Waals surface area contributed by atoms with Crippen molar-refractivity contribution >= 4 is 17.6 Å². The number of guanidine groups is 1. The maximum absolute atomic E-state index is 13.6. The fourth-order valence-electron chi connectivity index (χ4n) is 3.07. The average Bonchev–Trinajstić information content (AvgIpc) is 2.97. The van der Waals surface area contributed by atoms with Gasteiger partial charge in [0.15, 0.2) is 23.4 Å². The Bertz CT molecular complexity index is 676. The van der Waals surface area contributed by atoms with E-state index in [0.717, 1.165) is 38.2 Å². The summed E-state index contributed by atoms with van der Waals surface area (Å²) in [6, 6.07) is 1.73.